The SMILES string of the molecule is O=C(O)/C=C1/CN(C(C(=O)C2CC2)c2ccccc2F)CCC1SSc1ccc(Cl)nn1. The number of carboxylic acids is 1. The molecule has 1 aliphatic heterocycles. The molecule has 4 rings (SSSR count). The zero-order valence-electron chi connectivity index (χ0n) is 17.0. The molecule has 0 spiro atoms. The van der Waals surface area contributed by atoms with Gasteiger partial charge in [0, 0.05) is 35.9 Å². The predicted octanol–water partition coefficient (Wildman–Crippen LogP) is 4.82. The second kappa shape index (κ2) is 10.3. The summed E-state index contributed by atoms with van der Waals surface area (Å²) >= 11 is 5.78. The van der Waals surface area contributed by atoms with Crippen LogP contribution in [0.25, 0.3) is 0 Å². The standard InChI is InChI=1S/C22H21ClFN3O3S2/c23-18-7-8-19(26-25-18)32-31-17-9-10-27(12-14(17)11-20(28)29)21(22(30)13-5-6-13)15-3-1-2-4-16(15)24/h1-4,7-8,11,13,17,21H,5-6,9-10,12H2,(H,28,29)/b14-11-. The van der Waals surface area contributed by atoms with Gasteiger partial charge >= 0.3 is 5.97 Å². The molecule has 2 fully saturated rings. The molecule has 1 saturated heterocycles. The van der Waals surface area contributed by atoms with E-state index < -0.39 is 17.8 Å². The number of likely N-dealkylation sites (tertiary alicyclic amines) is 1. The van der Waals surface area contributed by atoms with Gasteiger partial charge in [0.2, 0.25) is 0 Å². The van der Waals surface area contributed by atoms with E-state index >= 15 is 0 Å². The van der Waals surface area contributed by atoms with Crippen LogP contribution in [-0.2, 0) is 9.59 Å². The van der Waals surface area contributed by atoms with Crippen molar-refractivity contribution >= 4 is 44.9 Å². The molecular formula is C22H21ClFN3O3S2. The Kier molecular flexibility index (Phi) is 7.50. The lowest BCUT2D eigenvalue weighted by Gasteiger charge is -2.38. The molecule has 168 valence electrons. The fraction of sp³-hybridized carbons (Fsp3) is 0.364. The number of carbonyl (C=O) groups is 2. The number of piperidine rings is 1. The third kappa shape index (κ3) is 5.70. The molecule has 0 bridgehead atoms. The number of nitrogens with zero attached hydrogens (tertiary/aromatic N) is 3. The van der Waals surface area contributed by atoms with Crippen LogP contribution in [0.5, 0.6) is 0 Å². The minimum atomic E-state index is -1.04. The fourth-order valence-electron chi connectivity index (χ4n) is 3.78. The van der Waals surface area contributed by atoms with Crippen LogP contribution in [0.1, 0.15) is 30.9 Å². The Morgan fingerprint density at radius 2 is 1.97 bits per heavy atom. The summed E-state index contributed by atoms with van der Waals surface area (Å²) in [4.78, 5) is 26.5. The molecule has 6 nitrogen and oxygen atoms in total. The summed E-state index contributed by atoms with van der Waals surface area (Å²) in [6, 6.07) is 9.04. The van der Waals surface area contributed by atoms with Crippen LogP contribution < -0.4 is 0 Å². The molecule has 10 heteroatoms. The highest BCUT2D eigenvalue weighted by Gasteiger charge is 2.41. The van der Waals surface area contributed by atoms with E-state index in [0.717, 1.165) is 12.8 Å². The van der Waals surface area contributed by atoms with E-state index in [1.807, 2.05) is 4.90 Å². The van der Waals surface area contributed by atoms with Crippen molar-refractivity contribution in [2.45, 2.75) is 35.6 Å². The molecule has 32 heavy (non-hydrogen) atoms. The number of aliphatic carboxylic acids is 1. The molecule has 1 aromatic carbocycles. The number of benzene rings is 1. The topological polar surface area (TPSA) is 83.4 Å². The summed E-state index contributed by atoms with van der Waals surface area (Å²) in [6.07, 6.45) is 3.48. The van der Waals surface area contributed by atoms with Gasteiger partial charge in [0.1, 0.15) is 10.8 Å². The Labute approximate surface area is 198 Å². The molecular weight excluding hydrogens is 473 g/mol. The van der Waals surface area contributed by atoms with Crippen molar-refractivity contribution in [3.63, 3.8) is 0 Å². The van der Waals surface area contributed by atoms with E-state index in [2.05, 4.69) is 10.2 Å². The normalized spacial score (nSPS) is 21.4. The summed E-state index contributed by atoms with van der Waals surface area (Å²) in [5.74, 6) is -1.48. The van der Waals surface area contributed by atoms with Gasteiger partial charge in [-0.2, -0.15) is 0 Å². The third-order valence-electron chi connectivity index (χ3n) is 5.46. The summed E-state index contributed by atoms with van der Waals surface area (Å²) < 4.78 is 14.6. The molecule has 2 aromatic rings. The molecule has 2 aliphatic rings. The second-order valence-corrected chi connectivity index (χ2v) is 10.6. The first-order valence-electron chi connectivity index (χ1n) is 10.2. The van der Waals surface area contributed by atoms with Crippen LogP contribution in [0.2, 0.25) is 5.15 Å². The number of ketones is 1. The van der Waals surface area contributed by atoms with Crippen LogP contribution in [0.15, 0.2) is 53.1 Å². The number of Topliss-reactive ketones (excluding diaryl/α,β-unsaturated/α-hetero) is 1. The van der Waals surface area contributed by atoms with E-state index in [0.29, 0.717) is 34.3 Å². The van der Waals surface area contributed by atoms with E-state index in [9.17, 15) is 19.1 Å². The van der Waals surface area contributed by atoms with Crippen molar-refractivity contribution < 1.29 is 19.1 Å². The predicted molar refractivity (Wildman–Crippen MR) is 123 cm³/mol. The summed E-state index contributed by atoms with van der Waals surface area (Å²) in [5.41, 5.74) is 1.05. The zero-order valence-corrected chi connectivity index (χ0v) is 19.4. The maximum Gasteiger partial charge on any atom is 0.328 e. The van der Waals surface area contributed by atoms with Crippen molar-refractivity contribution in [1.82, 2.24) is 15.1 Å². The van der Waals surface area contributed by atoms with E-state index in [4.69, 9.17) is 11.6 Å². The lowest BCUT2D eigenvalue weighted by molar-refractivity contribution is -0.131. The number of hydrogen-bond donors (Lipinski definition) is 1. The lowest BCUT2D eigenvalue weighted by Crippen LogP contribution is -2.43. The smallest absolute Gasteiger partial charge is 0.328 e. The Morgan fingerprint density at radius 3 is 2.62 bits per heavy atom. The monoisotopic (exact) mass is 493 g/mol. The Bertz CT molecular complexity index is 1030. The van der Waals surface area contributed by atoms with Gasteiger partial charge in [-0.05, 0) is 53.8 Å². The summed E-state index contributed by atoms with van der Waals surface area (Å²) in [6.45, 7) is 0.841. The summed E-state index contributed by atoms with van der Waals surface area (Å²) in [5, 5.41) is 18.2. The van der Waals surface area contributed by atoms with Crippen LogP contribution in [0, 0.1) is 11.7 Å². The van der Waals surface area contributed by atoms with Crippen LogP contribution >= 0.6 is 33.2 Å². The molecule has 2 atom stereocenters. The minimum Gasteiger partial charge on any atom is -0.478 e. The van der Waals surface area contributed by atoms with Crippen molar-refractivity contribution in [2.75, 3.05) is 13.1 Å². The number of aromatic nitrogens is 2. The number of hydrogen-bond acceptors (Lipinski definition) is 7. The average Bonchev–Trinajstić information content (AvgIpc) is 3.61. The Morgan fingerprint density at radius 1 is 1.19 bits per heavy atom. The molecule has 0 amide bonds. The van der Waals surface area contributed by atoms with Crippen LogP contribution in [0.4, 0.5) is 4.39 Å². The highest BCUT2D eigenvalue weighted by molar-refractivity contribution is 8.77. The first kappa shape index (κ1) is 23.2. The average molecular weight is 494 g/mol. The van der Waals surface area contributed by atoms with Gasteiger partial charge in [0.25, 0.3) is 0 Å². The molecule has 2 unspecified atom stereocenters. The fourth-order valence-corrected chi connectivity index (χ4v) is 6.34. The van der Waals surface area contributed by atoms with Crippen molar-refractivity contribution in [3.05, 3.63) is 64.6 Å². The van der Waals surface area contributed by atoms with E-state index in [-0.39, 0.29) is 23.5 Å². The maximum atomic E-state index is 14.6. The van der Waals surface area contributed by atoms with Crippen LogP contribution in [0.3, 0.4) is 0 Å². The molecule has 1 saturated carbocycles. The van der Waals surface area contributed by atoms with Gasteiger partial charge in [0.05, 0.1) is 6.04 Å². The minimum absolute atomic E-state index is 0.0155. The number of carboxylic acid groups (broad SMARTS) is 1. The Hall–Kier alpha value is -1.94. The highest BCUT2D eigenvalue weighted by atomic mass is 35.5. The molecule has 1 N–H and O–H groups in total. The van der Waals surface area contributed by atoms with Gasteiger partial charge in [-0.25, -0.2) is 9.18 Å². The number of carbonyl (C=O) groups excluding carboxylic acids is 1. The van der Waals surface area contributed by atoms with Gasteiger partial charge in [-0.3, -0.25) is 9.69 Å². The number of rotatable bonds is 8. The quantitative estimate of drug-likeness (QED) is 0.414. The first-order chi connectivity index (χ1) is 15.4. The molecule has 0 radical (unpaired) electrons. The van der Waals surface area contributed by atoms with Crippen LogP contribution in [-0.4, -0.2) is 50.3 Å². The third-order valence-corrected chi connectivity index (χ3v) is 8.41. The number of halogens is 2. The molecule has 1 aliphatic carbocycles. The molecule has 1 aromatic heterocycles. The van der Waals surface area contributed by atoms with Gasteiger partial charge in [-0.15, -0.1) is 10.2 Å². The maximum absolute atomic E-state index is 14.6. The van der Waals surface area contributed by atoms with Gasteiger partial charge in [0.15, 0.2) is 10.9 Å². The largest absolute Gasteiger partial charge is 0.478 e. The van der Waals surface area contributed by atoms with Gasteiger partial charge in [-0.1, -0.05) is 40.6 Å². The Balaban J connectivity index is 1.54. The van der Waals surface area contributed by atoms with Crippen molar-refractivity contribution in [3.8, 4) is 0 Å². The molecule has 2 heterocycles. The van der Waals surface area contributed by atoms with E-state index in [1.165, 1.54) is 33.7 Å². The van der Waals surface area contributed by atoms with Crippen molar-refractivity contribution in [1.29, 1.82) is 0 Å². The highest BCUT2D eigenvalue weighted by Crippen LogP contribution is 2.43. The zero-order chi connectivity index (χ0) is 22.7. The van der Waals surface area contributed by atoms with Gasteiger partial charge < -0.3 is 5.11 Å². The lowest BCUT2D eigenvalue weighted by atomic mass is 9.93. The second-order valence-electron chi connectivity index (χ2n) is 7.78. The first-order valence-corrected chi connectivity index (χ1v) is 12.8. The van der Waals surface area contributed by atoms with Crippen molar-refractivity contribution in [2.24, 2.45) is 5.92 Å². The summed E-state index contributed by atoms with van der Waals surface area (Å²) in [7, 11) is 2.90. The van der Waals surface area contributed by atoms with E-state index in [1.54, 1.807) is 30.3 Å².